The number of phosphoric acid groups is 1. The highest BCUT2D eigenvalue weighted by atomic mass is 31.2. The third-order valence-corrected chi connectivity index (χ3v) is 0.791. The number of rotatable bonds is 3. The van der Waals surface area contributed by atoms with E-state index >= 15 is 0 Å². The van der Waals surface area contributed by atoms with Gasteiger partial charge in [0, 0.05) is 0 Å². The van der Waals surface area contributed by atoms with E-state index in [1.807, 2.05) is 0 Å². The van der Waals surface area contributed by atoms with Crippen molar-refractivity contribution in [3.05, 3.63) is 0 Å². The second-order valence-corrected chi connectivity index (χ2v) is 2.27. The molecule has 0 aliphatic heterocycles. The highest BCUT2D eigenvalue weighted by Crippen LogP contribution is 2.23. The Morgan fingerprint density at radius 1 is 1.67 bits per heavy atom. The van der Waals surface area contributed by atoms with Gasteiger partial charge in [0.05, 0.1) is 7.82 Å². The molecule has 0 heterocycles. The molecule has 9 heavy (non-hydrogen) atoms. The number of carboxylic acid groups (broad SMARTS) is 1. The maximum atomic E-state index is 9.52. The van der Waals surface area contributed by atoms with Gasteiger partial charge >= 0.3 is 5.97 Å². The van der Waals surface area contributed by atoms with E-state index in [-0.39, 0.29) is 0 Å². The summed E-state index contributed by atoms with van der Waals surface area (Å²) in [5, 5.41) is 7.75. The molecular formula is C2H3O6P-2. The van der Waals surface area contributed by atoms with Gasteiger partial charge in [0.15, 0.2) is 0 Å². The van der Waals surface area contributed by atoms with Crippen molar-refractivity contribution in [1.29, 1.82) is 0 Å². The Hall–Kier alpha value is -0.420. The molecule has 54 valence electrons. The third-order valence-electron chi connectivity index (χ3n) is 0.346. The normalized spacial score (nSPS) is 11.3. The van der Waals surface area contributed by atoms with Crippen LogP contribution in [0.1, 0.15) is 0 Å². The average molecular weight is 154 g/mol. The zero-order valence-corrected chi connectivity index (χ0v) is 5.04. The predicted molar refractivity (Wildman–Crippen MR) is 21.2 cm³/mol. The molecule has 0 aliphatic rings. The van der Waals surface area contributed by atoms with Gasteiger partial charge in [0.25, 0.3) is 0 Å². The first kappa shape index (κ1) is 8.58. The van der Waals surface area contributed by atoms with Gasteiger partial charge in [-0.2, -0.15) is 0 Å². The maximum absolute atomic E-state index is 9.52. The summed E-state index contributed by atoms with van der Waals surface area (Å²) < 4.78 is 12.9. The molecule has 0 aliphatic carbocycles. The van der Waals surface area contributed by atoms with Crippen LogP contribution in [0.15, 0.2) is 0 Å². The third kappa shape index (κ3) is 7.58. The summed E-state index contributed by atoms with van der Waals surface area (Å²) in [6.45, 7) is -1.11. The molecule has 0 aromatic carbocycles. The summed E-state index contributed by atoms with van der Waals surface area (Å²) in [5.74, 6) is -1.50. The van der Waals surface area contributed by atoms with E-state index < -0.39 is 20.4 Å². The van der Waals surface area contributed by atoms with Crippen molar-refractivity contribution in [2.45, 2.75) is 0 Å². The molecule has 0 amide bonds. The van der Waals surface area contributed by atoms with Crippen molar-refractivity contribution in [3.63, 3.8) is 0 Å². The minimum Gasteiger partial charge on any atom is -0.790 e. The molecule has 0 saturated carbocycles. The Morgan fingerprint density at radius 3 is 2.22 bits per heavy atom. The van der Waals surface area contributed by atoms with Crippen LogP contribution >= 0.6 is 7.82 Å². The van der Waals surface area contributed by atoms with E-state index in [1.54, 1.807) is 0 Å². The fraction of sp³-hybridized carbons (Fsp3) is 0.500. The van der Waals surface area contributed by atoms with Crippen molar-refractivity contribution in [3.8, 4) is 0 Å². The van der Waals surface area contributed by atoms with Crippen LogP contribution in [0.3, 0.4) is 0 Å². The zero-order chi connectivity index (χ0) is 7.49. The average Bonchev–Trinajstić information content (AvgIpc) is 1.59. The summed E-state index contributed by atoms with van der Waals surface area (Å²) in [5.41, 5.74) is 0. The Labute approximate surface area is 50.3 Å². The van der Waals surface area contributed by atoms with Gasteiger partial charge in [0.2, 0.25) is 0 Å². The standard InChI is InChI=1S/C2H5O6P/c3-2(4)1-8-9(5,6)7/h1H2,(H,3,4)(H2,5,6,7)/p-2. The number of hydrogen-bond donors (Lipinski definition) is 1. The molecule has 0 saturated heterocycles. The Morgan fingerprint density at radius 2 is 2.11 bits per heavy atom. The van der Waals surface area contributed by atoms with Gasteiger partial charge in [-0.15, -0.1) is 0 Å². The first-order valence-electron chi connectivity index (χ1n) is 1.80. The zero-order valence-electron chi connectivity index (χ0n) is 4.14. The molecule has 0 fully saturated rings. The summed E-state index contributed by atoms with van der Waals surface area (Å²) in [6.07, 6.45) is 0. The summed E-state index contributed by atoms with van der Waals surface area (Å²) in [7, 11) is -5.10. The van der Waals surface area contributed by atoms with Crippen molar-refractivity contribution >= 4 is 13.8 Å². The second kappa shape index (κ2) is 2.93. The van der Waals surface area contributed by atoms with E-state index in [4.69, 9.17) is 5.11 Å². The lowest BCUT2D eigenvalue weighted by atomic mass is 10.8. The lowest BCUT2D eigenvalue weighted by molar-refractivity contribution is -0.341. The molecule has 1 N–H and O–H groups in total. The SMILES string of the molecule is O=C(O)COP(=O)([O-])[O-]. The number of phosphoric ester groups is 1. The molecular weight excluding hydrogens is 151 g/mol. The number of aliphatic carboxylic acids is 1. The highest BCUT2D eigenvalue weighted by molar-refractivity contribution is 7.43. The van der Waals surface area contributed by atoms with Gasteiger partial charge in [-0.25, -0.2) is 4.79 Å². The predicted octanol–water partition coefficient (Wildman–Crippen LogP) is -2.08. The van der Waals surface area contributed by atoms with Crippen LogP contribution in [0.5, 0.6) is 0 Å². The molecule has 7 heteroatoms. The molecule has 0 aromatic heterocycles. The van der Waals surface area contributed by atoms with Crippen LogP contribution in [-0.2, 0) is 13.9 Å². The van der Waals surface area contributed by atoms with E-state index in [9.17, 15) is 19.1 Å². The smallest absolute Gasteiger partial charge is 0.330 e. The lowest BCUT2D eigenvalue weighted by Gasteiger charge is -2.27. The number of carboxylic acids is 1. The first-order valence-corrected chi connectivity index (χ1v) is 3.26. The van der Waals surface area contributed by atoms with Gasteiger partial charge < -0.3 is 24.0 Å². The summed E-state index contributed by atoms with van der Waals surface area (Å²) in [6, 6.07) is 0. The molecule has 0 unspecified atom stereocenters. The summed E-state index contributed by atoms with van der Waals surface area (Å²) in [4.78, 5) is 28.6. The van der Waals surface area contributed by atoms with Gasteiger partial charge in [0.1, 0.15) is 6.61 Å². The highest BCUT2D eigenvalue weighted by Gasteiger charge is 1.96. The van der Waals surface area contributed by atoms with E-state index in [2.05, 4.69) is 4.52 Å². The fourth-order valence-corrected chi connectivity index (χ4v) is 0.403. The van der Waals surface area contributed by atoms with Crippen molar-refractivity contribution in [2.24, 2.45) is 0 Å². The maximum Gasteiger partial charge on any atom is 0.330 e. The van der Waals surface area contributed by atoms with E-state index in [1.165, 1.54) is 0 Å². The van der Waals surface area contributed by atoms with Crippen LogP contribution in [0, 0.1) is 0 Å². The molecule has 0 atom stereocenters. The van der Waals surface area contributed by atoms with E-state index in [0.717, 1.165) is 0 Å². The Bertz CT molecular complexity index is 145. The molecule has 0 aromatic rings. The van der Waals surface area contributed by atoms with Crippen LogP contribution in [-0.4, -0.2) is 17.7 Å². The van der Waals surface area contributed by atoms with Crippen LogP contribution in [0.4, 0.5) is 0 Å². The molecule has 0 bridgehead atoms. The quantitative estimate of drug-likeness (QED) is 0.467. The van der Waals surface area contributed by atoms with Gasteiger partial charge in [-0.3, -0.25) is 0 Å². The Kier molecular flexibility index (Phi) is 2.80. The van der Waals surface area contributed by atoms with Crippen LogP contribution in [0.25, 0.3) is 0 Å². The molecule has 0 spiro atoms. The largest absolute Gasteiger partial charge is 0.790 e. The van der Waals surface area contributed by atoms with Crippen LogP contribution in [0.2, 0.25) is 0 Å². The second-order valence-electron chi connectivity index (χ2n) is 1.11. The van der Waals surface area contributed by atoms with Crippen molar-refractivity contribution in [2.75, 3.05) is 6.61 Å². The minimum absolute atomic E-state index is 1.11. The van der Waals surface area contributed by atoms with Gasteiger partial charge in [-0.1, -0.05) is 0 Å². The monoisotopic (exact) mass is 154 g/mol. The van der Waals surface area contributed by atoms with Crippen molar-refractivity contribution < 1.29 is 28.8 Å². The molecule has 0 rings (SSSR count). The van der Waals surface area contributed by atoms with E-state index in [0.29, 0.717) is 0 Å². The lowest BCUT2D eigenvalue weighted by Crippen LogP contribution is -2.19. The molecule has 0 radical (unpaired) electrons. The number of hydrogen-bond acceptors (Lipinski definition) is 5. The van der Waals surface area contributed by atoms with Crippen LogP contribution < -0.4 is 9.79 Å². The minimum atomic E-state index is -5.10. The topological polar surface area (TPSA) is 110 Å². The summed E-state index contributed by atoms with van der Waals surface area (Å²) >= 11 is 0. The van der Waals surface area contributed by atoms with Gasteiger partial charge in [-0.05, 0) is 0 Å². The fourth-order valence-electron chi connectivity index (χ4n) is 0.134. The molecule has 6 nitrogen and oxygen atoms in total. The number of carbonyl (C=O) groups is 1. The Balaban J connectivity index is 3.53. The first-order chi connectivity index (χ1) is 3.92. The van der Waals surface area contributed by atoms with Crippen molar-refractivity contribution in [1.82, 2.24) is 0 Å².